The Bertz CT molecular complexity index is 550. The van der Waals surface area contributed by atoms with E-state index in [0.29, 0.717) is 26.2 Å². The van der Waals surface area contributed by atoms with Crippen molar-refractivity contribution >= 4 is 17.6 Å². The van der Waals surface area contributed by atoms with Crippen molar-refractivity contribution in [3.63, 3.8) is 0 Å². The van der Waals surface area contributed by atoms with Crippen molar-refractivity contribution in [3.05, 3.63) is 30.3 Å². The molecule has 0 spiro atoms. The lowest BCUT2D eigenvalue weighted by Gasteiger charge is -2.32. The largest absolute Gasteiger partial charge is 0.381 e. The second-order valence-corrected chi connectivity index (χ2v) is 6.69. The van der Waals surface area contributed by atoms with Gasteiger partial charge in [-0.15, -0.1) is 0 Å². The molecule has 1 heterocycles. The average Bonchev–Trinajstić information content (AvgIpc) is 2.68. The number of likely N-dealkylation sites (tertiary alicyclic amines) is 1. The Kier molecular flexibility index (Phi) is 8.96. The molecule has 0 aliphatic carbocycles. The molecule has 1 aliphatic rings. The van der Waals surface area contributed by atoms with Gasteiger partial charge in [0.1, 0.15) is 0 Å². The summed E-state index contributed by atoms with van der Waals surface area (Å²) in [6.07, 6.45) is 4.71. The zero-order valence-corrected chi connectivity index (χ0v) is 15.7. The highest BCUT2D eigenvalue weighted by Crippen LogP contribution is 2.18. The number of rotatable bonds is 9. The van der Waals surface area contributed by atoms with E-state index in [1.54, 1.807) is 4.90 Å². The Morgan fingerprint density at radius 3 is 2.73 bits per heavy atom. The lowest BCUT2D eigenvalue weighted by Crippen LogP contribution is -2.47. The summed E-state index contributed by atoms with van der Waals surface area (Å²) in [6, 6.07) is 9.25. The van der Waals surface area contributed by atoms with Crippen molar-refractivity contribution in [1.29, 1.82) is 0 Å². The van der Waals surface area contributed by atoms with Gasteiger partial charge in [0.25, 0.3) is 0 Å². The van der Waals surface area contributed by atoms with Crippen LogP contribution in [-0.4, -0.2) is 49.7 Å². The van der Waals surface area contributed by atoms with E-state index in [1.807, 2.05) is 30.3 Å². The Balaban J connectivity index is 1.68. The van der Waals surface area contributed by atoms with E-state index >= 15 is 0 Å². The lowest BCUT2D eigenvalue weighted by molar-refractivity contribution is -0.126. The van der Waals surface area contributed by atoms with E-state index < -0.39 is 0 Å². The molecule has 0 bridgehead atoms. The second-order valence-electron chi connectivity index (χ2n) is 6.69. The van der Waals surface area contributed by atoms with Gasteiger partial charge in [0, 0.05) is 38.5 Å². The quantitative estimate of drug-likeness (QED) is 0.663. The molecule has 0 aromatic heterocycles. The van der Waals surface area contributed by atoms with Gasteiger partial charge in [-0.3, -0.25) is 4.79 Å². The Morgan fingerprint density at radius 2 is 1.96 bits per heavy atom. The fraction of sp³-hybridized carbons (Fsp3) is 0.600. The van der Waals surface area contributed by atoms with E-state index in [-0.39, 0.29) is 17.9 Å². The standard InChI is InChI=1S/C20H31N3O3/c1-2-3-14-26-15-8-12-21-19(24)17-9-7-13-23(16-17)20(25)22-18-10-5-4-6-11-18/h4-6,10-11,17H,2-3,7-9,12-16H2,1H3,(H,21,24)(H,22,25). The maximum Gasteiger partial charge on any atom is 0.321 e. The van der Waals surface area contributed by atoms with Gasteiger partial charge in [-0.1, -0.05) is 31.5 Å². The molecule has 6 nitrogen and oxygen atoms in total. The predicted octanol–water partition coefficient (Wildman–Crippen LogP) is 3.25. The zero-order chi connectivity index (χ0) is 18.6. The molecular formula is C20H31N3O3. The molecule has 0 saturated carbocycles. The van der Waals surface area contributed by atoms with Crippen LogP contribution in [0.15, 0.2) is 30.3 Å². The molecule has 1 unspecified atom stereocenters. The number of piperidine rings is 1. The van der Waals surface area contributed by atoms with E-state index in [0.717, 1.165) is 44.4 Å². The maximum absolute atomic E-state index is 12.4. The number of amides is 3. The number of carbonyl (C=O) groups excluding carboxylic acids is 2. The number of urea groups is 1. The normalized spacial score (nSPS) is 17.0. The average molecular weight is 361 g/mol. The summed E-state index contributed by atoms with van der Waals surface area (Å²) in [5.74, 6) is -0.0953. The molecule has 1 atom stereocenters. The van der Waals surface area contributed by atoms with Gasteiger partial charge >= 0.3 is 6.03 Å². The van der Waals surface area contributed by atoms with Crippen LogP contribution in [-0.2, 0) is 9.53 Å². The molecule has 0 radical (unpaired) electrons. The zero-order valence-electron chi connectivity index (χ0n) is 15.7. The first-order chi connectivity index (χ1) is 12.7. The molecular weight excluding hydrogens is 330 g/mol. The van der Waals surface area contributed by atoms with Crippen molar-refractivity contribution in [2.24, 2.45) is 5.92 Å². The molecule has 1 saturated heterocycles. The van der Waals surface area contributed by atoms with Gasteiger partial charge < -0.3 is 20.3 Å². The number of ether oxygens (including phenoxy) is 1. The summed E-state index contributed by atoms with van der Waals surface area (Å²) in [5, 5.41) is 5.86. The summed E-state index contributed by atoms with van der Waals surface area (Å²) in [6.45, 7) is 5.38. The van der Waals surface area contributed by atoms with Crippen LogP contribution in [0.25, 0.3) is 0 Å². The monoisotopic (exact) mass is 361 g/mol. The topological polar surface area (TPSA) is 70.7 Å². The molecule has 1 aliphatic heterocycles. The number of unbranched alkanes of at least 4 members (excludes halogenated alkanes) is 1. The van der Waals surface area contributed by atoms with Gasteiger partial charge in [0.15, 0.2) is 0 Å². The summed E-state index contributed by atoms with van der Waals surface area (Å²) in [4.78, 5) is 26.5. The third-order valence-corrected chi connectivity index (χ3v) is 4.51. The van der Waals surface area contributed by atoms with Gasteiger partial charge in [0.2, 0.25) is 5.91 Å². The van der Waals surface area contributed by atoms with Crippen LogP contribution in [0.1, 0.15) is 39.0 Å². The third-order valence-electron chi connectivity index (χ3n) is 4.51. The minimum atomic E-state index is -0.141. The van der Waals surface area contributed by atoms with Crippen molar-refractivity contribution in [2.45, 2.75) is 39.0 Å². The summed E-state index contributed by atoms with van der Waals surface area (Å²) < 4.78 is 5.49. The first kappa shape index (κ1) is 20.2. The molecule has 1 aromatic carbocycles. The summed E-state index contributed by atoms with van der Waals surface area (Å²) in [7, 11) is 0. The summed E-state index contributed by atoms with van der Waals surface area (Å²) >= 11 is 0. The van der Waals surface area contributed by atoms with Crippen LogP contribution in [0.2, 0.25) is 0 Å². The van der Waals surface area contributed by atoms with Crippen LogP contribution in [0.4, 0.5) is 10.5 Å². The minimum absolute atomic E-state index is 0.0377. The molecule has 26 heavy (non-hydrogen) atoms. The highest BCUT2D eigenvalue weighted by Gasteiger charge is 2.28. The Morgan fingerprint density at radius 1 is 1.19 bits per heavy atom. The van der Waals surface area contributed by atoms with Crippen molar-refractivity contribution < 1.29 is 14.3 Å². The van der Waals surface area contributed by atoms with Crippen molar-refractivity contribution in [2.75, 3.05) is 38.2 Å². The number of para-hydroxylation sites is 1. The molecule has 2 N–H and O–H groups in total. The van der Waals surface area contributed by atoms with Crippen LogP contribution in [0.5, 0.6) is 0 Å². The van der Waals surface area contributed by atoms with E-state index in [4.69, 9.17) is 4.74 Å². The smallest absolute Gasteiger partial charge is 0.321 e. The first-order valence-electron chi connectivity index (χ1n) is 9.67. The molecule has 144 valence electrons. The SMILES string of the molecule is CCCCOCCCNC(=O)C1CCCN(C(=O)Nc2ccccc2)C1. The number of hydrogen-bond acceptors (Lipinski definition) is 3. The lowest BCUT2D eigenvalue weighted by atomic mass is 9.97. The third kappa shape index (κ3) is 7.04. The minimum Gasteiger partial charge on any atom is -0.381 e. The number of anilines is 1. The number of hydrogen-bond donors (Lipinski definition) is 2. The van der Waals surface area contributed by atoms with Gasteiger partial charge in [0.05, 0.1) is 5.92 Å². The predicted molar refractivity (Wildman–Crippen MR) is 103 cm³/mol. The number of nitrogens with one attached hydrogen (secondary N) is 2. The molecule has 6 heteroatoms. The molecule has 2 rings (SSSR count). The van der Waals surface area contributed by atoms with Gasteiger partial charge in [-0.05, 0) is 37.8 Å². The molecule has 1 fully saturated rings. The van der Waals surface area contributed by atoms with Crippen LogP contribution in [0, 0.1) is 5.92 Å². The van der Waals surface area contributed by atoms with E-state index in [9.17, 15) is 9.59 Å². The van der Waals surface area contributed by atoms with Crippen molar-refractivity contribution in [3.8, 4) is 0 Å². The van der Waals surface area contributed by atoms with E-state index in [2.05, 4.69) is 17.6 Å². The van der Waals surface area contributed by atoms with Crippen molar-refractivity contribution in [1.82, 2.24) is 10.2 Å². The first-order valence-corrected chi connectivity index (χ1v) is 9.67. The molecule has 1 aromatic rings. The number of nitrogens with zero attached hydrogens (tertiary/aromatic N) is 1. The van der Waals surface area contributed by atoms with Crippen LogP contribution in [0.3, 0.4) is 0 Å². The second kappa shape index (κ2) is 11.5. The van der Waals surface area contributed by atoms with Crippen LogP contribution < -0.4 is 10.6 Å². The van der Waals surface area contributed by atoms with Gasteiger partial charge in [-0.2, -0.15) is 0 Å². The molecule has 3 amide bonds. The summed E-state index contributed by atoms with van der Waals surface area (Å²) in [5.41, 5.74) is 0.771. The Labute approximate surface area is 156 Å². The fourth-order valence-corrected chi connectivity index (χ4v) is 2.98. The van der Waals surface area contributed by atoms with Crippen LogP contribution >= 0.6 is 0 Å². The van der Waals surface area contributed by atoms with E-state index in [1.165, 1.54) is 0 Å². The highest BCUT2D eigenvalue weighted by atomic mass is 16.5. The maximum atomic E-state index is 12.4. The highest BCUT2D eigenvalue weighted by molar-refractivity contribution is 5.90. The van der Waals surface area contributed by atoms with Gasteiger partial charge in [-0.25, -0.2) is 4.79 Å². The fourth-order valence-electron chi connectivity index (χ4n) is 2.98. The number of carbonyl (C=O) groups is 2. The number of benzene rings is 1. The Hall–Kier alpha value is -2.08.